The van der Waals surface area contributed by atoms with Gasteiger partial charge >= 0.3 is 0 Å². The first-order valence-electron chi connectivity index (χ1n) is 14.1. The summed E-state index contributed by atoms with van der Waals surface area (Å²) in [5.74, 6) is 0. The number of hydrogen-bond acceptors (Lipinski definition) is 0. The quantitative estimate of drug-likeness (QED) is 0.221. The van der Waals surface area contributed by atoms with Crippen LogP contribution in [0.1, 0.15) is 32.3 Å². The van der Waals surface area contributed by atoms with Crippen molar-refractivity contribution in [1.82, 2.24) is 0 Å². The van der Waals surface area contributed by atoms with Crippen LogP contribution in [0.15, 0.2) is 115 Å². The van der Waals surface area contributed by atoms with Gasteiger partial charge in [-0.25, -0.2) is 0 Å². The van der Waals surface area contributed by atoms with Crippen molar-refractivity contribution in [2.24, 2.45) is 0 Å². The third-order valence-electron chi connectivity index (χ3n) is 7.48. The van der Waals surface area contributed by atoms with E-state index in [4.69, 9.17) is 0 Å². The van der Waals surface area contributed by atoms with E-state index in [1.54, 1.807) is 0 Å². The highest BCUT2D eigenvalue weighted by atomic mass is 14.2. The highest BCUT2D eigenvalue weighted by molar-refractivity contribution is 6.08. The van der Waals surface area contributed by atoms with Crippen molar-refractivity contribution >= 4 is 44.5 Å². The first kappa shape index (κ1) is 24.9. The van der Waals surface area contributed by atoms with Crippen molar-refractivity contribution in [3.05, 3.63) is 131 Å². The molecule has 1 aliphatic rings. The Bertz CT molecular complexity index is 1990. The fourth-order valence-corrected chi connectivity index (χ4v) is 5.77. The van der Waals surface area contributed by atoms with Gasteiger partial charge in [0.25, 0.3) is 0 Å². The topological polar surface area (TPSA) is 0 Å². The summed E-state index contributed by atoms with van der Waals surface area (Å²) >= 11 is 0. The van der Waals surface area contributed by atoms with Gasteiger partial charge in [-0.05, 0) is 90.5 Å². The fourth-order valence-electron chi connectivity index (χ4n) is 5.77. The van der Waals surface area contributed by atoms with Crippen molar-refractivity contribution in [3.63, 3.8) is 0 Å². The number of rotatable bonds is 2. The van der Waals surface area contributed by atoms with Crippen LogP contribution in [-0.2, 0) is 0 Å². The molecule has 0 heteroatoms. The summed E-state index contributed by atoms with van der Waals surface area (Å²) in [6, 6.07) is 38.0. The lowest BCUT2D eigenvalue weighted by Gasteiger charge is -2.17. The van der Waals surface area contributed by atoms with Crippen molar-refractivity contribution in [1.29, 1.82) is 0 Å². The maximum atomic E-state index is 2.41. The maximum Gasteiger partial charge on any atom is -0.00263 e. The molecule has 0 unspecified atom stereocenters. The molecule has 0 spiro atoms. The molecule has 0 aromatic heterocycles. The minimum atomic E-state index is 0.929. The van der Waals surface area contributed by atoms with Gasteiger partial charge in [-0.1, -0.05) is 141 Å². The van der Waals surface area contributed by atoms with Crippen LogP contribution in [0.2, 0.25) is 0 Å². The molecule has 190 valence electrons. The number of fused-ring (bicyclic) bond motifs is 4. The molecule has 0 fully saturated rings. The van der Waals surface area contributed by atoms with Crippen molar-refractivity contribution < 1.29 is 0 Å². The second kappa shape index (κ2) is 10.8. The molecular weight excluding hydrogens is 468 g/mol. The van der Waals surface area contributed by atoms with E-state index in [0.717, 1.165) is 6.42 Å². The Hall–Kier alpha value is -4.42. The average Bonchev–Trinajstić information content (AvgIpc) is 3.21. The van der Waals surface area contributed by atoms with E-state index < -0.39 is 0 Å². The number of allylic oxidation sites excluding steroid dienone is 2. The van der Waals surface area contributed by atoms with Gasteiger partial charge in [-0.15, -0.1) is 0 Å². The predicted octanol–water partition coefficient (Wildman–Crippen LogP) is 9.73. The molecule has 0 heterocycles. The van der Waals surface area contributed by atoms with Gasteiger partial charge in [-0.2, -0.15) is 0 Å². The van der Waals surface area contributed by atoms with E-state index in [0.29, 0.717) is 0 Å². The Balaban J connectivity index is 0.000000883. The van der Waals surface area contributed by atoms with Crippen molar-refractivity contribution in [2.45, 2.75) is 33.6 Å². The second-order valence-corrected chi connectivity index (χ2v) is 10.5. The van der Waals surface area contributed by atoms with Crippen LogP contribution in [-0.4, -0.2) is 0 Å². The fraction of sp³-hybridized carbons (Fsp3) is 0.128. The molecule has 0 radical (unpaired) electrons. The molecule has 0 saturated carbocycles. The van der Waals surface area contributed by atoms with Crippen LogP contribution in [0.5, 0.6) is 0 Å². The van der Waals surface area contributed by atoms with Crippen molar-refractivity contribution in [2.75, 3.05) is 0 Å². The normalized spacial score (nSPS) is 12.3. The molecule has 39 heavy (non-hydrogen) atoms. The predicted molar refractivity (Wildman–Crippen MR) is 172 cm³/mol. The van der Waals surface area contributed by atoms with Gasteiger partial charge in [0.1, 0.15) is 0 Å². The highest BCUT2D eigenvalue weighted by Crippen LogP contribution is 2.34. The molecule has 1 aliphatic carbocycles. The van der Waals surface area contributed by atoms with Gasteiger partial charge in [0.2, 0.25) is 0 Å². The van der Waals surface area contributed by atoms with E-state index in [-0.39, 0.29) is 0 Å². The molecule has 0 N–H and O–H groups in total. The average molecular weight is 503 g/mol. The highest BCUT2D eigenvalue weighted by Gasteiger charge is 2.16. The number of hydrogen-bond donors (Lipinski definition) is 0. The van der Waals surface area contributed by atoms with E-state index in [1.165, 1.54) is 77.0 Å². The zero-order valence-electron chi connectivity index (χ0n) is 23.0. The Labute approximate surface area is 231 Å². The maximum absolute atomic E-state index is 2.41. The molecule has 7 rings (SSSR count). The summed E-state index contributed by atoms with van der Waals surface area (Å²) in [5, 5.41) is 10.4. The van der Waals surface area contributed by atoms with Crippen LogP contribution < -0.4 is 10.4 Å². The van der Waals surface area contributed by atoms with E-state index in [9.17, 15) is 0 Å². The molecular formula is C39H34. The van der Waals surface area contributed by atoms with Crippen molar-refractivity contribution in [3.8, 4) is 22.3 Å². The summed E-state index contributed by atoms with van der Waals surface area (Å²) in [4.78, 5) is 0. The van der Waals surface area contributed by atoms with E-state index >= 15 is 0 Å². The monoisotopic (exact) mass is 502 g/mol. The first-order chi connectivity index (χ1) is 19.2. The molecule has 0 bridgehead atoms. The molecule has 0 atom stereocenters. The van der Waals surface area contributed by atoms with Crippen LogP contribution >= 0.6 is 0 Å². The van der Waals surface area contributed by atoms with Gasteiger partial charge in [-0.3, -0.25) is 0 Å². The number of benzene rings is 6. The summed E-state index contributed by atoms with van der Waals surface area (Å²) < 4.78 is 0. The standard InChI is InChI=1S/C36H26.C3H8/c1-24-15-20-33-34(21-24)36(30-19-17-26-10-6-8-12-28(26)23-30)32-14-4-2-3-13-31(32)35(33)29-18-16-25-9-5-7-11-27(25)22-29;1-3-2/h2-3,5-23H,4H2,1H3;3H2,1-2H3. The third kappa shape index (κ3) is 4.68. The molecule has 0 saturated heterocycles. The number of aryl methyl sites for hydroxylation is 1. The Morgan fingerprint density at radius 2 is 1.13 bits per heavy atom. The van der Waals surface area contributed by atoms with Crippen LogP contribution in [0.25, 0.3) is 66.7 Å². The summed E-state index contributed by atoms with van der Waals surface area (Å²) in [6.45, 7) is 6.45. The zero-order valence-corrected chi connectivity index (χ0v) is 23.0. The van der Waals surface area contributed by atoms with E-state index in [1.807, 2.05) is 0 Å². The van der Waals surface area contributed by atoms with Gasteiger partial charge in [0.15, 0.2) is 0 Å². The molecule has 6 aromatic carbocycles. The van der Waals surface area contributed by atoms with Gasteiger partial charge in [0.05, 0.1) is 0 Å². The molecule has 0 aliphatic heterocycles. The summed E-state index contributed by atoms with van der Waals surface area (Å²) in [5.41, 5.74) is 6.47. The summed E-state index contributed by atoms with van der Waals surface area (Å²) in [7, 11) is 0. The molecule has 0 nitrogen and oxygen atoms in total. The summed E-state index contributed by atoms with van der Waals surface area (Å²) in [6.07, 6.45) is 11.4. The SMILES string of the molecule is CCC.Cc1ccc2c(-c3ccc4ccccc4c3)c3c(c(-c4ccc5ccccc5c4)c2c1)=CCC=CC=3. The first-order valence-corrected chi connectivity index (χ1v) is 14.1. The smallest absolute Gasteiger partial charge is 0.00263 e. The minimum Gasteiger partial charge on any atom is -0.0807 e. The Morgan fingerprint density at radius 1 is 0.564 bits per heavy atom. The lowest BCUT2D eigenvalue weighted by Crippen LogP contribution is -2.29. The van der Waals surface area contributed by atoms with Gasteiger partial charge in [0, 0.05) is 0 Å². The lowest BCUT2D eigenvalue weighted by molar-refractivity contribution is 1.09. The molecule has 0 amide bonds. The van der Waals surface area contributed by atoms with Gasteiger partial charge < -0.3 is 0 Å². The largest absolute Gasteiger partial charge is 0.0807 e. The van der Waals surface area contributed by atoms with Crippen LogP contribution in [0.4, 0.5) is 0 Å². The zero-order chi connectivity index (χ0) is 26.8. The van der Waals surface area contributed by atoms with E-state index in [2.05, 4.69) is 148 Å². The van der Waals surface area contributed by atoms with Crippen LogP contribution in [0, 0.1) is 6.92 Å². The minimum absolute atomic E-state index is 0.929. The van der Waals surface area contributed by atoms with Crippen LogP contribution in [0.3, 0.4) is 0 Å². The molecule has 6 aromatic rings. The Kier molecular flexibility index (Phi) is 6.86. The lowest BCUT2D eigenvalue weighted by atomic mass is 9.86. The Morgan fingerprint density at radius 3 is 1.74 bits per heavy atom. The third-order valence-corrected chi connectivity index (χ3v) is 7.48. The second-order valence-electron chi connectivity index (χ2n) is 10.5.